The number of rotatable bonds is 7. The standard InChI is InChI=1S/C23H30N4O3/c1-16(2)15-24-22(28)20-14-18(8-11-21(20)27-12-4-5-13-27)26-23(29)25-17-6-9-19(30-3)10-7-17/h6-11,14,16H,4-5,12-13,15H2,1-3H3,(H,24,28)(H2,25,26,29). The van der Waals surface area contributed by atoms with E-state index in [0.717, 1.165) is 37.4 Å². The highest BCUT2D eigenvalue weighted by Crippen LogP contribution is 2.28. The Morgan fingerprint density at radius 2 is 1.63 bits per heavy atom. The molecule has 1 fully saturated rings. The summed E-state index contributed by atoms with van der Waals surface area (Å²) in [6, 6.07) is 12.2. The zero-order chi connectivity index (χ0) is 21.5. The topological polar surface area (TPSA) is 82.7 Å². The Morgan fingerprint density at radius 1 is 1.00 bits per heavy atom. The fraction of sp³-hybridized carbons (Fsp3) is 0.391. The van der Waals surface area contributed by atoms with Gasteiger partial charge in [0.05, 0.1) is 12.7 Å². The third kappa shape index (κ3) is 5.65. The number of nitrogens with one attached hydrogen (secondary N) is 3. The van der Waals surface area contributed by atoms with E-state index in [1.165, 1.54) is 0 Å². The Hall–Kier alpha value is -3.22. The van der Waals surface area contributed by atoms with Crippen molar-refractivity contribution in [3.63, 3.8) is 0 Å². The minimum atomic E-state index is -0.373. The summed E-state index contributed by atoms with van der Waals surface area (Å²) in [5, 5.41) is 8.59. The summed E-state index contributed by atoms with van der Waals surface area (Å²) >= 11 is 0. The summed E-state index contributed by atoms with van der Waals surface area (Å²) in [6.45, 7) is 6.60. The summed E-state index contributed by atoms with van der Waals surface area (Å²) in [7, 11) is 1.59. The smallest absolute Gasteiger partial charge is 0.323 e. The van der Waals surface area contributed by atoms with Crippen molar-refractivity contribution in [2.75, 3.05) is 42.3 Å². The number of ether oxygens (including phenoxy) is 1. The van der Waals surface area contributed by atoms with E-state index in [1.807, 2.05) is 12.1 Å². The first-order chi connectivity index (χ1) is 14.5. The lowest BCUT2D eigenvalue weighted by Gasteiger charge is -2.22. The maximum absolute atomic E-state index is 12.8. The average molecular weight is 411 g/mol. The largest absolute Gasteiger partial charge is 0.497 e. The summed E-state index contributed by atoms with van der Waals surface area (Å²) in [5.74, 6) is 0.959. The molecule has 0 spiro atoms. The summed E-state index contributed by atoms with van der Waals surface area (Å²) in [4.78, 5) is 27.5. The predicted molar refractivity (Wildman–Crippen MR) is 121 cm³/mol. The normalized spacial score (nSPS) is 13.3. The zero-order valence-electron chi connectivity index (χ0n) is 17.8. The van der Waals surface area contributed by atoms with Crippen LogP contribution in [-0.4, -0.2) is 38.7 Å². The van der Waals surface area contributed by atoms with Crippen LogP contribution >= 0.6 is 0 Å². The number of urea groups is 1. The molecule has 0 saturated carbocycles. The van der Waals surface area contributed by atoms with Crippen LogP contribution in [-0.2, 0) is 0 Å². The second kappa shape index (κ2) is 10.0. The lowest BCUT2D eigenvalue weighted by molar-refractivity contribution is 0.0949. The molecule has 0 aromatic heterocycles. The number of methoxy groups -OCH3 is 1. The third-order valence-electron chi connectivity index (χ3n) is 4.96. The van der Waals surface area contributed by atoms with Crippen molar-refractivity contribution in [2.45, 2.75) is 26.7 Å². The zero-order valence-corrected chi connectivity index (χ0v) is 17.8. The average Bonchev–Trinajstić information content (AvgIpc) is 3.27. The monoisotopic (exact) mass is 410 g/mol. The molecule has 1 aliphatic rings. The highest BCUT2D eigenvalue weighted by molar-refractivity contribution is 6.04. The molecule has 0 aliphatic carbocycles. The Balaban J connectivity index is 1.74. The lowest BCUT2D eigenvalue weighted by Crippen LogP contribution is -2.30. The van der Waals surface area contributed by atoms with E-state index in [2.05, 4.69) is 34.7 Å². The third-order valence-corrected chi connectivity index (χ3v) is 4.96. The van der Waals surface area contributed by atoms with Gasteiger partial charge in [-0.05, 0) is 61.2 Å². The number of hydrogen-bond acceptors (Lipinski definition) is 4. The van der Waals surface area contributed by atoms with Crippen LogP contribution in [0.15, 0.2) is 42.5 Å². The Kier molecular flexibility index (Phi) is 7.17. The quantitative estimate of drug-likeness (QED) is 0.635. The van der Waals surface area contributed by atoms with Crippen molar-refractivity contribution in [3.8, 4) is 5.75 Å². The predicted octanol–water partition coefficient (Wildman–Crippen LogP) is 4.33. The first-order valence-electron chi connectivity index (χ1n) is 10.4. The molecule has 3 amide bonds. The van der Waals surface area contributed by atoms with Gasteiger partial charge >= 0.3 is 6.03 Å². The van der Waals surface area contributed by atoms with Gasteiger partial charge in [-0.1, -0.05) is 13.8 Å². The second-order valence-corrected chi connectivity index (χ2v) is 7.84. The highest BCUT2D eigenvalue weighted by Gasteiger charge is 2.20. The van der Waals surface area contributed by atoms with Crippen molar-refractivity contribution >= 4 is 29.0 Å². The van der Waals surface area contributed by atoms with E-state index in [0.29, 0.717) is 29.4 Å². The molecule has 3 rings (SSSR count). The summed E-state index contributed by atoms with van der Waals surface area (Å²) in [5.41, 5.74) is 2.71. The molecule has 1 aliphatic heterocycles. The summed E-state index contributed by atoms with van der Waals surface area (Å²) in [6.07, 6.45) is 2.24. The van der Waals surface area contributed by atoms with Gasteiger partial charge in [0.1, 0.15) is 5.75 Å². The molecule has 1 heterocycles. The molecule has 30 heavy (non-hydrogen) atoms. The molecule has 7 nitrogen and oxygen atoms in total. The number of hydrogen-bond donors (Lipinski definition) is 3. The fourth-order valence-electron chi connectivity index (χ4n) is 3.39. The molecule has 1 saturated heterocycles. The van der Waals surface area contributed by atoms with Gasteiger partial charge in [0.25, 0.3) is 5.91 Å². The minimum absolute atomic E-state index is 0.121. The van der Waals surface area contributed by atoms with E-state index in [1.54, 1.807) is 37.4 Å². The van der Waals surface area contributed by atoms with Gasteiger partial charge < -0.3 is 25.6 Å². The Labute approximate surface area is 177 Å². The van der Waals surface area contributed by atoms with E-state index >= 15 is 0 Å². The van der Waals surface area contributed by atoms with Gasteiger partial charge in [0.15, 0.2) is 0 Å². The minimum Gasteiger partial charge on any atom is -0.497 e. The van der Waals surface area contributed by atoms with Crippen molar-refractivity contribution in [2.24, 2.45) is 5.92 Å². The maximum atomic E-state index is 12.8. The number of carbonyl (C=O) groups excluding carboxylic acids is 2. The first kappa shape index (κ1) is 21.5. The molecule has 0 radical (unpaired) electrons. The van der Waals surface area contributed by atoms with Crippen molar-refractivity contribution in [1.82, 2.24) is 5.32 Å². The van der Waals surface area contributed by atoms with Crippen LogP contribution in [0.4, 0.5) is 21.9 Å². The van der Waals surface area contributed by atoms with Crippen molar-refractivity contribution in [3.05, 3.63) is 48.0 Å². The number of benzene rings is 2. The number of carbonyl (C=O) groups is 2. The van der Waals surface area contributed by atoms with Gasteiger partial charge in [-0.3, -0.25) is 4.79 Å². The maximum Gasteiger partial charge on any atom is 0.323 e. The SMILES string of the molecule is COc1ccc(NC(=O)Nc2ccc(N3CCCC3)c(C(=O)NCC(C)C)c2)cc1. The number of nitrogens with zero attached hydrogens (tertiary/aromatic N) is 1. The fourth-order valence-corrected chi connectivity index (χ4v) is 3.39. The highest BCUT2D eigenvalue weighted by atomic mass is 16.5. The van der Waals surface area contributed by atoms with Gasteiger partial charge in [-0.15, -0.1) is 0 Å². The van der Waals surface area contributed by atoms with Gasteiger partial charge in [0.2, 0.25) is 0 Å². The molecule has 2 aromatic carbocycles. The van der Waals surface area contributed by atoms with Gasteiger partial charge in [0, 0.05) is 36.7 Å². The molecule has 3 N–H and O–H groups in total. The van der Waals surface area contributed by atoms with Crippen LogP contribution in [0.5, 0.6) is 5.75 Å². The van der Waals surface area contributed by atoms with Crippen LogP contribution in [0.2, 0.25) is 0 Å². The van der Waals surface area contributed by atoms with Crippen LogP contribution < -0.4 is 25.6 Å². The molecular weight excluding hydrogens is 380 g/mol. The molecule has 2 aromatic rings. The second-order valence-electron chi connectivity index (χ2n) is 7.84. The Bertz CT molecular complexity index is 875. The van der Waals surface area contributed by atoms with Crippen molar-refractivity contribution < 1.29 is 14.3 Å². The number of amides is 3. The van der Waals surface area contributed by atoms with Crippen molar-refractivity contribution in [1.29, 1.82) is 0 Å². The lowest BCUT2D eigenvalue weighted by atomic mass is 10.1. The van der Waals surface area contributed by atoms with Gasteiger partial charge in [-0.2, -0.15) is 0 Å². The molecule has 7 heteroatoms. The molecule has 0 atom stereocenters. The summed E-state index contributed by atoms with van der Waals surface area (Å²) < 4.78 is 5.12. The van der Waals surface area contributed by atoms with Crippen LogP contribution in [0, 0.1) is 5.92 Å². The first-order valence-corrected chi connectivity index (χ1v) is 10.4. The molecule has 0 bridgehead atoms. The van der Waals surface area contributed by atoms with E-state index in [-0.39, 0.29) is 11.9 Å². The Morgan fingerprint density at radius 3 is 2.27 bits per heavy atom. The van der Waals surface area contributed by atoms with Crippen LogP contribution in [0.25, 0.3) is 0 Å². The molecular formula is C23H30N4O3. The van der Waals surface area contributed by atoms with E-state index in [4.69, 9.17) is 4.74 Å². The van der Waals surface area contributed by atoms with Crippen LogP contribution in [0.1, 0.15) is 37.0 Å². The number of anilines is 3. The van der Waals surface area contributed by atoms with E-state index in [9.17, 15) is 9.59 Å². The molecule has 160 valence electrons. The van der Waals surface area contributed by atoms with Crippen LogP contribution in [0.3, 0.4) is 0 Å². The molecule has 0 unspecified atom stereocenters. The van der Waals surface area contributed by atoms with Gasteiger partial charge in [-0.25, -0.2) is 4.79 Å². The van der Waals surface area contributed by atoms with E-state index < -0.39 is 0 Å².